The number of carbonyl (C=O) groups excluding carboxylic acids is 2. The fraction of sp³-hybridized carbons (Fsp3) is 0.769. The van der Waals surface area contributed by atoms with Crippen molar-refractivity contribution in [2.24, 2.45) is 0 Å². The van der Waals surface area contributed by atoms with Gasteiger partial charge in [0.1, 0.15) is 22.9 Å². The highest BCUT2D eigenvalue weighted by Crippen LogP contribution is 2.24. The molecule has 2 heterocycles. The lowest BCUT2D eigenvalue weighted by Gasteiger charge is -2.31. The van der Waals surface area contributed by atoms with E-state index in [9.17, 15) is 18.4 Å². The van der Waals surface area contributed by atoms with Gasteiger partial charge >= 0.3 is 12.2 Å². The van der Waals surface area contributed by atoms with Gasteiger partial charge in [-0.05, 0) is 84.8 Å². The number of piperidine rings is 2. The van der Waals surface area contributed by atoms with Crippen molar-refractivity contribution in [2.45, 2.75) is 99.2 Å². The Balaban J connectivity index is 0.000000642. The fourth-order valence-electron chi connectivity index (χ4n) is 3.51. The Bertz CT molecular complexity index is 703. The molecule has 0 aromatic rings. The molecule has 2 amide bonds. The van der Waals surface area contributed by atoms with Crippen molar-refractivity contribution in [3.63, 3.8) is 0 Å². The molecule has 0 aliphatic carbocycles. The predicted molar refractivity (Wildman–Crippen MR) is 134 cm³/mol. The smallest absolute Gasteiger partial charge is 0.410 e. The molecule has 0 unspecified atom stereocenters. The number of rotatable bonds is 2. The van der Waals surface area contributed by atoms with Gasteiger partial charge in [0.25, 0.3) is 0 Å². The molecule has 0 radical (unpaired) electrons. The average molecular weight is 505 g/mol. The first kappa shape index (κ1) is 32.8. The van der Waals surface area contributed by atoms with Crippen molar-refractivity contribution in [3.8, 4) is 0 Å². The van der Waals surface area contributed by atoms with Crippen molar-refractivity contribution in [3.05, 3.63) is 22.8 Å². The quantitative estimate of drug-likeness (QED) is 0.463. The minimum absolute atomic E-state index is 0. The first-order chi connectivity index (χ1) is 15.7. The molecule has 2 aliphatic heterocycles. The lowest BCUT2D eigenvalue weighted by molar-refractivity contribution is 0.0234. The molecule has 9 heteroatoms. The molecule has 0 aromatic carbocycles. The number of hydrogen-bond acceptors (Lipinski definition) is 5. The molecule has 0 atom stereocenters. The maximum absolute atomic E-state index is 13.5. The molecule has 0 spiro atoms. The van der Waals surface area contributed by atoms with Crippen LogP contribution in [-0.2, 0) is 9.47 Å². The van der Waals surface area contributed by atoms with Crippen LogP contribution < -0.4 is 0 Å². The SMILES string of the molecule is C.CC(C)(C)OC(=O)N1CCC/C(=C(\F)CO)C1.CC/C(F)=C1\CCCN(C(=O)OC(C)(C)C)C1. The minimum Gasteiger partial charge on any atom is -0.444 e. The topological polar surface area (TPSA) is 79.3 Å². The monoisotopic (exact) mass is 504 g/mol. The van der Waals surface area contributed by atoms with Crippen molar-refractivity contribution in [1.29, 1.82) is 0 Å². The number of amides is 2. The van der Waals surface area contributed by atoms with Gasteiger partial charge in [0, 0.05) is 26.2 Å². The van der Waals surface area contributed by atoms with Crippen LogP contribution >= 0.6 is 0 Å². The molecule has 1 N–H and O–H groups in total. The van der Waals surface area contributed by atoms with Crippen LogP contribution in [0.3, 0.4) is 0 Å². The number of aliphatic hydroxyl groups is 1. The molecule has 2 fully saturated rings. The number of nitrogens with zero attached hydrogens (tertiary/aromatic N) is 2. The van der Waals surface area contributed by atoms with E-state index >= 15 is 0 Å². The van der Waals surface area contributed by atoms with Gasteiger partial charge < -0.3 is 24.4 Å². The predicted octanol–water partition coefficient (Wildman–Crippen LogP) is 6.52. The Morgan fingerprint density at radius 1 is 0.829 bits per heavy atom. The standard InChI is InChI=1S/C13H22FNO2.C12H20FNO3.CH4/c1-5-11(14)10-7-6-8-15(9-10)12(16)17-13(2,3)4;1-12(2,3)17-11(16)14-6-4-5-9(7-14)10(13)8-15;/h5-9H2,1-4H3;15H,4-8H2,1-3H3;1H4/b11-10-;10-9+;. The third-order valence-corrected chi connectivity index (χ3v) is 5.10. The summed E-state index contributed by atoms with van der Waals surface area (Å²) in [5.41, 5.74) is 0.185. The zero-order valence-corrected chi connectivity index (χ0v) is 21.8. The van der Waals surface area contributed by atoms with Crippen LogP contribution in [0.5, 0.6) is 0 Å². The van der Waals surface area contributed by atoms with E-state index in [0.717, 1.165) is 18.4 Å². The Hall–Kier alpha value is -2.16. The van der Waals surface area contributed by atoms with Gasteiger partial charge in [0.05, 0.1) is 6.61 Å². The average Bonchev–Trinajstić information content (AvgIpc) is 2.76. The fourth-order valence-corrected chi connectivity index (χ4v) is 3.51. The van der Waals surface area contributed by atoms with E-state index in [2.05, 4.69) is 0 Å². The summed E-state index contributed by atoms with van der Waals surface area (Å²) >= 11 is 0. The van der Waals surface area contributed by atoms with Crippen LogP contribution in [0.1, 0.15) is 88.0 Å². The number of ether oxygens (including phenoxy) is 2. The molecule has 0 saturated carbocycles. The summed E-state index contributed by atoms with van der Waals surface area (Å²) in [5.74, 6) is -0.614. The summed E-state index contributed by atoms with van der Waals surface area (Å²) in [6.45, 7) is 13.9. The second kappa shape index (κ2) is 14.4. The van der Waals surface area contributed by atoms with Crippen LogP contribution in [0.2, 0.25) is 0 Å². The van der Waals surface area contributed by atoms with Gasteiger partial charge in [-0.25, -0.2) is 18.4 Å². The summed E-state index contributed by atoms with van der Waals surface area (Å²) in [6.07, 6.45) is 2.46. The lowest BCUT2D eigenvalue weighted by atomic mass is 10.0. The molecular formula is C26H46F2N2O5. The van der Waals surface area contributed by atoms with E-state index in [-0.39, 0.29) is 25.9 Å². The van der Waals surface area contributed by atoms with Gasteiger partial charge in [-0.1, -0.05) is 14.4 Å². The Morgan fingerprint density at radius 3 is 1.51 bits per heavy atom. The van der Waals surface area contributed by atoms with E-state index in [1.54, 1.807) is 32.6 Å². The van der Waals surface area contributed by atoms with Crippen LogP contribution in [0, 0.1) is 0 Å². The minimum atomic E-state index is -0.600. The Morgan fingerprint density at radius 2 is 1.20 bits per heavy atom. The summed E-state index contributed by atoms with van der Waals surface area (Å²) in [4.78, 5) is 26.6. The van der Waals surface area contributed by atoms with Crippen LogP contribution in [0.4, 0.5) is 18.4 Å². The van der Waals surface area contributed by atoms with E-state index in [1.807, 2.05) is 20.8 Å². The molecule has 35 heavy (non-hydrogen) atoms. The van der Waals surface area contributed by atoms with Crippen LogP contribution in [0.15, 0.2) is 22.8 Å². The van der Waals surface area contributed by atoms with Gasteiger partial charge in [-0.2, -0.15) is 0 Å². The van der Waals surface area contributed by atoms with E-state index in [4.69, 9.17) is 14.6 Å². The largest absolute Gasteiger partial charge is 0.444 e. The molecule has 7 nitrogen and oxygen atoms in total. The zero-order valence-electron chi connectivity index (χ0n) is 21.8. The molecule has 2 saturated heterocycles. The molecule has 204 valence electrons. The maximum Gasteiger partial charge on any atom is 0.410 e. The van der Waals surface area contributed by atoms with E-state index in [1.165, 1.54) is 4.90 Å². The van der Waals surface area contributed by atoms with Crippen molar-refractivity contribution < 1.29 is 33.0 Å². The van der Waals surface area contributed by atoms with Crippen molar-refractivity contribution in [1.82, 2.24) is 9.80 Å². The number of likely N-dealkylation sites (tertiary alicyclic amines) is 2. The second-order valence-electron chi connectivity index (χ2n) is 10.5. The van der Waals surface area contributed by atoms with Gasteiger partial charge in [0.2, 0.25) is 0 Å². The zero-order chi connectivity index (χ0) is 26.1. The maximum atomic E-state index is 13.5. The van der Waals surface area contributed by atoms with E-state index in [0.29, 0.717) is 44.5 Å². The summed E-state index contributed by atoms with van der Waals surface area (Å²) in [6, 6.07) is 0. The summed E-state index contributed by atoms with van der Waals surface area (Å²) in [7, 11) is 0. The molecule has 0 aromatic heterocycles. The molecular weight excluding hydrogens is 458 g/mol. The van der Waals surface area contributed by atoms with E-state index < -0.39 is 29.7 Å². The molecule has 0 bridgehead atoms. The first-order valence-corrected chi connectivity index (χ1v) is 12.0. The highest BCUT2D eigenvalue weighted by molar-refractivity contribution is 5.69. The summed E-state index contributed by atoms with van der Waals surface area (Å²) in [5, 5.41) is 8.73. The number of halogens is 2. The third kappa shape index (κ3) is 12.4. The summed E-state index contributed by atoms with van der Waals surface area (Å²) < 4.78 is 37.2. The highest BCUT2D eigenvalue weighted by atomic mass is 19.1. The van der Waals surface area contributed by atoms with Crippen molar-refractivity contribution in [2.75, 3.05) is 32.8 Å². The second-order valence-corrected chi connectivity index (χ2v) is 10.5. The van der Waals surface area contributed by atoms with Crippen LogP contribution in [-0.4, -0.2) is 71.1 Å². The first-order valence-electron chi connectivity index (χ1n) is 12.0. The van der Waals surface area contributed by atoms with Gasteiger partial charge in [0.15, 0.2) is 0 Å². The molecule has 2 aliphatic rings. The molecule has 2 rings (SSSR count). The Kier molecular flexibility index (Phi) is 13.5. The number of hydrogen-bond donors (Lipinski definition) is 1. The highest BCUT2D eigenvalue weighted by Gasteiger charge is 2.27. The Labute approximate surface area is 210 Å². The van der Waals surface area contributed by atoms with Gasteiger partial charge in [-0.15, -0.1) is 0 Å². The number of allylic oxidation sites excluding steroid dienone is 1. The van der Waals surface area contributed by atoms with Gasteiger partial charge in [-0.3, -0.25) is 0 Å². The van der Waals surface area contributed by atoms with Crippen molar-refractivity contribution >= 4 is 12.2 Å². The third-order valence-electron chi connectivity index (χ3n) is 5.10. The lowest BCUT2D eigenvalue weighted by Crippen LogP contribution is -2.40. The number of aliphatic hydroxyl groups excluding tert-OH is 1. The normalized spacial score (nSPS) is 19.6. The van der Waals surface area contributed by atoms with Crippen LogP contribution in [0.25, 0.3) is 0 Å². The number of carbonyl (C=O) groups is 2.